The highest BCUT2D eigenvalue weighted by atomic mass is 19.4. The summed E-state index contributed by atoms with van der Waals surface area (Å²) in [5.41, 5.74) is 2.02. The number of aryl methyl sites for hydroxylation is 3. The lowest BCUT2D eigenvalue weighted by Gasteiger charge is -2.48. The molecule has 0 aliphatic carbocycles. The van der Waals surface area contributed by atoms with Crippen LogP contribution in [-0.4, -0.2) is 44.2 Å². The molecule has 3 aromatic rings. The zero-order valence-electron chi connectivity index (χ0n) is 21.4. The Labute approximate surface area is 208 Å². The number of hydrogen-bond donors (Lipinski definition) is 0. The molecule has 36 heavy (non-hydrogen) atoms. The second-order valence-corrected chi connectivity index (χ2v) is 9.83. The molecule has 0 amide bonds. The highest BCUT2D eigenvalue weighted by Crippen LogP contribution is 2.39. The number of alkyl halides is 3. The second-order valence-electron chi connectivity index (χ2n) is 9.83. The van der Waals surface area contributed by atoms with E-state index in [-0.39, 0.29) is 29.6 Å². The standard InChI is InChI=1S/C26H31F3N6O/c1-15-7-8-19(20(11-15)26(27,28)29)18(4)34-13-17(3)35(14-16(34)2)21-12-23(36)33(6)25-24(21)31-22(9-10-30)32(25)5/h7-8,11-12,16-18H,9,13-14H2,1-6H3/t16-,17+,18?/m1/s1. The number of anilines is 1. The van der Waals surface area contributed by atoms with Crippen LogP contribution in [0.3, 0.4) is 0 Å². The van der Waals surface area contributed by atoms with Crippen molar-refractivity contribution in [2.24, 2.45) is 14.1 Å². The van der Waals surface area contributed by atoms with Gasteiger partial charge in [-0.15, -0.1) is 0 Å². The van der Waals surface area contributed by atoms with E-state index in [2.05, 4.69) is 20.9 Å². The fourth-order valence-corrected chi connectivity index (χ4v) is 5.41. The van der Waals surface area contributed by atoms with E-state index in [4.69, 9.17) is 0 Å². The first-order chi connectivity index (χ1) is 16.8. The number of piperazine rings is 1. The minimum absolute atomic E-state index is 0.0832. The summed E-state index contributed by atoms with van der Waals surface area (Å²) < 4.78 is 44.8. The predicted octanol–water partition coefficient (Wildman–Crippen LogP) is 4.33. The van der Waals surface area contributed by atoms with Gasteiger partial charge in [-0.05, 0) is 39.3 Å². The Morgan fingerprint density at radius 3 is 2.47 bits per heavy atom. The van der Waals surface area contributed by atoms with Crippen LogP contribution in [0.1, 0.15) is 49.3 Å². The maximum atomic E-state index is 13.8. The van der Waals surface area contributed by atoms with Crippen LogP contribution in [0, 0.1) is 18.3 Å². The minimum Gasteiger partial charge on any atom is -0.364 e. The number of nitriles is 1. The summed E-state index contributed by atoms with van der Waals surface area (Å²) in [4.78, 5) is 21.7. The zero-order valence-corrected chi connectivity index (χ0v) is 21.4. The zero-order chi connectivity index (χ0) is 26.5. The van der Waals surface area contributed by atoms with Crippen molar-refractivity contribution in [1.82, 2.24) is 19.0 Å². The number of pyridine rings is 1. The third-order valence-electron chi connectivity index (χ3n) is 7.35. The van der Waals surface area contributed by atoms with Crippen LogP contribution in [-0.2, 0) is 26.7 Å². The average molecular weight is 501 g/mol. The lowest BCUT2D eigenvalue weighted by Crippen LogP contribution is -2.57. The summed E-state index contributed by atoms with van der Waals surface area (Å²) in [5.74, 6) is 0.571. The molecule has 192 valence electrons. The topological polar surface area (TPSA) is 70.1 Å². The number of rotatable bonds is 4. The smallest absolute Gasteiger partial charge is 0.364 e. The highest BCUT2D eigenvalue weighted by molar-refractivity contribution is 5.87. The van der Waals surface area contributed by atoms with Crippen molar-refractivity contribution in [3.05, 3.63) is 57.1 Å². The summed E-state index contributed by atoms with van der Waals surface area (Å²) in [6, 6.07) is 7.60. The number of halogens is 3. The summed E-state index contributed by atoms with van der Waals surface area (Å²) in [5, 5.41) is 9.19. The lowest BCUT2D eigenvalue weighted by atomic mass is 9.95. The summed E-state index contributed by atoms with van der Waals surface area (Å²) in [6.45, 7) is 8.52. The molecule has 7 nitrogen and oxygen atoms in total. The van der Waals surface area contributed by atoms with Crippen LogP contribution in [0.2, 0.25) is 0 Å². The van der Waals surface area contributed by atoms with Crippen molar-refractivity contribution in [2.45, 2.75) is 58.4 Å². The molecule has 0 spiro atoms. The Morgan fingerprint density at radius 1 is 1.14 bits per heavy atom. The van der Waals surface area contributed by atoms with Gasteiger partial charge >= 0.3 is 6.18 Å². The van der Waals surface area contributed by atoms with Crippen LogP contribution in [0.25, 0.3) is 11.2 Å². The normalized spacial score (nSPS) is 20.1. The van der Waals surface area contributed by atoms with E-state index in [9.17, 15) is 23.2 Å². The van der Waals surface area contributed by atoms with Gasteiger partial charge in [-0.2, -0.15) is 18.4 Å². The largest absolute Gasteiger partial charge is 0.416 e. The predicted molar refractivity (Wildman–Crippen MR) is 133 cm³/mol. The Morgan fingerprint density at radius 2 is 1.83 bits per heavy atom. The summed E-state index contributed by atoms with van der Waals surface area (Å²) in [6.07, 6.45) is -4.31. The highest BCUT2D eigenvalue weighted by Gasteiger charge is 2.39. The van der Waals surface area contributed by atoms with Crippen molar-refractivity contribution >= 4 is 16.9 Å². The molecule has 1 unspecified atom stereocenters. The van der Waals surface area contributed by atoms with Gasteiger partial charge in [0.2, 0.25) is 0 Å². The van der Waals surface area contributed by atoms with E-state index in [1.54, 1.807) is 43.8 Å². The number of benzene rings is 1. The lowest BCUT2D eigenvalue weighted by molar-refractivity contribution is -0.138. The first-order valence-electron chi connectivity index (χ1n) is 12.0. The van der Waals surface area contributed by atoms with Gasteiger partial charge in [-0.25, -0.2) is 4.98 Å². The van der Waals surface area contributed by atoms with E-state index >= 15 is 0 Å². The van der Waals surface area contributed by atoms with E-state index in [1.165, 1.54) is 10.6 Å². The van der Waals surface area contributed by atoms with Gasteiger partial charge in [0.15, 0.2) is 0 Å². The fourth-order valence-electron chi connectivity index (χ4n) is 5.41. The number of fused-ring (bicyclic) bond motifs is 1. The molecule has 0 N–H and O–H groups in total. The molecule has 10 heteroatoms. The maximum absolute atomic E-state index is 13.8. The maximum Gasteiger partial charge on any atom is 0.416 e. The van der Waals surface area contributed by atoms with E-state index in [0.29, 0.717) is 41.3 Å². The van der Waals surface area contributed by atoms with Crippen molar-refractivity contribution in [2.75, 3.05) is 18.0 Å². The van der Waals surface area contributed by atoms with E-state index in [0.717, 1.165) is 0 Å². The third-order valence-corrected chi connectivity index (χ3v) is 7.35. The molecule has 1 aromatic carbocycles. The SMILES string of the molecule is Cc1ccc(C(C)N2C[C@H](C)N(c3cc(=O)n(C)c4c3nc(CC#N)n4C)C[C@H]2C)c(C(F)(F)F)c1. The van der Waals surface area contributed by atoms with Crippen molar-refractivity contribution < 1.29 is 13.2 Å². The molecule has 1 aliphatic rings. The Bertz CT molecular complexity index is 1400. The number of hydrogen-bond acceptors (Lipinski definition) is 5. The van der Waals surface area contributed by atoms with E-state index in [1.807, 2.05) is 20.8 Å². The molecule has 3 heterocycles. The quantitative estimate of drug-likeness (QED) is 0.534. The van der Waals surface area contributed by atoms with Gasteiger partial charge < -0.3 is 9.47 Å². The molecular formula is C26H31F3N6O. The van der Waals surface area contributed by atoms with Crippen molar-refractivity contribution in [3.8, 4) is 6.07 Å². The van der Waals surface area contributed by atoms with Crippen LogP contribution in [0.5, 0.6) is 0 Å². The molecule has 2 aromatic heterocycles. The van der Waals surface area contributed by atoms with Gasteiger partial charge in [-0.3, -0.25) is 14.3 Å². The number of nitrogens with zero attached hydrogens (tertiary/aromatic N) is 6. The Balaban J connectivity index is 1.71. The Hall–Kier alpha value is -3.32. The molecule has 1 aliphatic heterocycles. The van der Waals surface area contributed by atoms with Gasteiger partial charge in [0, 0.05) is 51.4 Å². The van der Waals surface area contributed by atoms with Gasteiger partial charge in [0.1, 0.15) is 17.0 Å². The molecular weight excluding hydrogens is 469 g/mol. The molecule has 0 radical (unpaired) electrons. The van der Waals surface area contributed by atoms with E-state index < -0.39 is 17.8 Å². The first kappa shape index (κ1) is 25.8. The molecule has 3 atom stereocenters. The molecule has 1 fully saturated rings. The monoisotopic (exact) mass is 500 g/mol. The van der Waals surface area contributed by atoms with Crippen molar-refractivity contribution in [3.63, 3.8) is 0 Å². The van der Waals surface area contributed by atoms with Gasteiger partial charge in [-0.1, -0.05) is 17.7 Å². The Kier molecular flexibility index (Phi) is 6.64. The van der Waals surface area contributed by atoms with Gasteiger partial charge in [0.25, 0.3) is 5.56 Å². The van der Waals surface area contributed by atoms with Crippen LogP contribution >= 0.6 is 0 Å². The fraction of sp³-hybridized carbons (Fsp3) is 0.500. The van der Waals surface area contributed by atoms with Crippen molar-refractivity contribution in [1.29, 1.82) is 5.26 Å². The molecule has 1 saturated heterocycles. The number of aromatic nitrogens is 3. The van der Waals surface area contributed by atoms with Crippen LogP contribution in [0.4, 0.5) is 18.9 Å². The van der Waals surface area contributed by atoms with Crippen LogP contribution < -0.4 is 10.5 Å². The summed E-state index contributed by atoms with van der Waals surface area (Å²) in [7, 11) is 3.47. The molecule has 4 rings (SSSR count). The minimum atomic E-state index is -4.43. The average Bonchev–Trinajstić information content (AvgIpc) is 3.13. The first-order valence-corrected chi connectivity index (χ1v) is 12.0. The molecule has 0 saturated carbocycles. The third kappa shape index (κ3) is 4.37. The number of imidazole rings is 1. The second kappa shape index (κ2) is 9.28. The van der Waals surface area contributed by atoms with Crippen LogP contribution in [0.15, 0.2) is 29.1 Å². The molecule has 0 bridgehead atoms. The summed E-state index contributed by atoms with van der Waals surface area (Å²) >= 11 is 0. The van der Waals surface area contributed by atoms with Gasteiger partial charge in [0.05, 0.1) is 23.7 Å².